The molecule has 0 saturated carbocycles. The first-order chi connectivity index (χ1) is 11.5. The first-order valence-corrected chi connectivity index (χ1v) is 7.76. The van der Waals surface area contributed by atoms with Crippen LogP contribution in [0.2, 0.25) is 0 Å². The number of phenols is 2. The standard InChI is InChI=1S/C20H20N2O2/c1-13-5-3-7-17(19(13)23)21-15-9-11-16(12-10-15)22-18-8-4-6-14(2)20(18)24/h3-12,21-24H,1-2H3. The van der Waals surface area contributed by atoms with Crippen molar-refractivity contribution in [3.63, 3.8) is 0 Å². The molecule has 4 nitrogen and oxygen atoms in total. The molecule has 0 aliphatic rings. The fraction of sp³-hybridized carbons (Fsp3) is 0.100. The van der Waals surface area contributed by atoms with E-state index >= 15 is 0 Å². The van der Waals surface area contributed by atoms with Crippen LogP contribution >= 0.6 is 0 Å². The average Bonchev–Trinajstić information content (AvgIpc) is 2.58. The summed E-state index contributed by atoms with van der Waals surface area (Å²) >= 11 is 0. The number of para-hydroxylation sites is 2. The van der Waals surface area contributed by atoms with Gasteiger partial charge >= 0.3 is 0 Å². The molecule has 3 aromatic carbocycles. The summed E-state index contributed by atoms with van der Waals surface area (Å²) in [6.07, 6.45) is 0. The highest BCUT2D eigenvalue weighted by Crippen LogP contribution is 2.32. The van der Waals surface area contributed by atoms with Gasteiger partial charge in [-0.1, -0.05) is 24.3 Å². The minimum atomic E-state index is 0.254. The van der Waals surface area contributed by atoms with Gasteiger partial charge in [0, 0.05) is 11.4 Å². The van der Waals surface area contributed by atoms with E-state index in [2.05, 4.69) is 10.6 Å². The third-order valence-electron chi connectivity index (χ3n) is 3.92. The van der Waals surface area contributed by atoms with Gasteiger partial charge in [-0.2, -0.15) is 0 Å². The van der Waals surface area contributed by atoms with Crippen LogP contribution in [0, 0.1) is 13.8 Å². The molecule has 4 N–H and O–H groups in total. The zero-order chi connectivity index (χ0) is 17.1. The van der Waals surface area contributed by atoms with Crippen LogP contribution in [0.1, 0.15) is 11.1 Å². The molecule has 0 aromatic heterocycles. The summed E-state index contributed by atoms with van der Waals surface area (Å²) in [6, 6.07) is 18.8. The Morgan fingerprint density at radius 3 is 1.33 bits per heavy atom. The van der Waals surface area contributed by atoms with Crippen LogP contribution in [0.3, 0.4) is 0 Å². The second-order valence-corrected chi connectivity index (χ2v) is 5.77. The molecular weight excluding hydrogens is 300 g/mol. The highest BCUT2D eigenvalue weighted by molar-refractivity contribution is 5.71. The van der Waals surface area contributed by atoms with E-state index in [9.17, 15) is 10.2 Å². The van der Waals surface area contributed by atoms with Crippen molar-refractivity contribution < 1.29 is 10.2 Å². The summed E-state index contributed by atoms with van der Waals surface area (Å²) in [5.74, 6) is 0.508. The second kappa shape index (κ2) is 6.54. The fourth-order valence-corrected chi connectivity index (χ4v) is 2.47. The van der Waals surface area contributed by atoms with Crippen LogP contribution in [-0.4, -0.2) is 10.2 Å². The van der Waals surface area contributed by atoms with E-state index in [1.807, 2.05) is 74.5 Å². The number of hydrogen-bond donors (Lipinski definition) is 4. The van der Waals surface area contributed by atoms with E-state index in [-0.39, 0.29) is 11.5 Å². The van der Waals surface area contributed by atoms with Crippen molar-refractivity contribution in [3.05, 3.63) is 71.8 Å². The number of nitrogens with one attached hydrogen (secondary N) is 2. The van der Waals surface area contributed by atoms with E-state index in [1.165, 1.54) is 0 Å². The van der Waals surface area contributed by atoms with Crippen molar-refractivity contribution in [3.8, 4) is 11.5 Å². The zero-order valence-corrected chi connectivity index (χ0v) is 13.7. The molecule has 0 aliphatic carbocycles. The maximum atomic E-state index is 10.1. The lowest BCUT2D eigenvalue weighted by Crippen LogP contribution is -1.94. The van der Waals surface area contributed by atoms with E-state index in [0.717, 1.165) is 22.5 Å². The van der Waals surface area contributed by atoms with Gasteiger partial charge in [-0.15, -0.1) is 0 Å². The lowest BCUT2D eigenvalue weighted by atomic mass is 10.1. The Labute approximate surface area is 141 Å². The third-order valence-corrected chi connectivity index (χ3v) is 3.92. The molecule has 0 bridgehead atoms. The molecule has 122 valence electrons. The molecule has 0 heterocycles. The molecule has 0 fully saturated rings. The molecule has 24 heavy (non-hydrogen) atoms. The van der Waals surface area contributed by atoms with Crippen molar-refractivity contribution in [1.82, 2.24) is 0 Å². The Hall–Kier alpha value is -3.14. The van der Waals surface area contributed by atoms with Crippen molar-refractivity contribution in [1.29, 1.82) is 0 Å². The van der Waals surface area contributed by atoms with Crippen LogP contribution in [-0.2, 0) is 0 Å². The molecule has 3 aromatic rings. The number of phenolic OH excluding ortho intramolecular Hbond substituents is 2. The van der Waals surface area contributed by atoms with E-state index in [1.54, 1.807) is 0 Å². The highest BCUT2D eigenvalue weighted by atomic mass is 16.3. The van der Waals surface area contributed by atoms with E-state index in [0.29, 0.717) is 11.4 Å². The topological polar surface area (TPSA) is 64.5 Å². The van der Waals surface area contributed by atoms with Gasteiger partial charge in [0.1, 0.15) is 11.5 Å². The zero-order valence-electron chi connectivity index (χ0n) is 13.7. The maximum absolute atomic E-state index is 10.1. The van der Waals surface area contributed by atoms with Crippen molar-refractivity contribution in [2.45, 2.75) is 13.8 Å². The van der Waals surface area contributed by atoms with Gasteiger partial charge in [0.25, 0.3) is 0 Å². The Bertz CT molecular complexity index is 786. The minimum Gasteiger partial charge on any atom is -0.505 e. The van der Waals surface area contributed by atoms with Crippen molar-refractivity contribution in [2.75, 3.05) is 10.6 Å². The molecular formula is C20H20N2O2. The summed E-state index contributed by atoms with van der Waals surface area (Å²) in [7, 11) is 0. The van der Waals surface area contributed by atoms with Crippen LogP contribution in [0.25, 0.3) is 0 Å². The fourth-order valence-electron chi connectivity index (χ4n) is 2.47. The number of benzene rings is 3. The molecule has 0 radical (unpaired) electrons. The Morgan fingerprint density at radius 1 is 0.583 bits per heavy atom. The Balaban J connectivity index is 1.76. The van der Waals surface area contributed by atoms with Gasteiger partial charge in [-0.05, 0) is 61.4 Å². The quantitative estimate of drug-likeness (QED) is 0.499. The van der Waals surface area contributed by atoms with Gasteiger partial charge in [0.15, 0.2) is 0 Å². The summed E-state index contributed by atoms with van der Waals surface area (Å²) in [4.78, 5) is 0. The first-order valence-electron chi connectivity index (χ1n) is 7.76. The highest BCUT2D eigenvalue weighted by Gasteiger charge is 2.05. The van der Waals surface area contributed by atoms with Crippen molar-refractivity contribution >= 4 is 22.7 Å². The number of hydrogen-bond acceptors (Lipinski definition) is 4. The predicted octanol–water partition coefficient (Wildman–Crippen LogP) is 5.20. The summed E-state index contributed by atoms with van der Waals surface area (Å²) in [6.45, 7) is 3.73. The van der Waals surface area contributed by atoms with E-state index in [4.69, 9.17) is 0 Å². The van der Waals surface area contributed by atoms with Gasteiger partial charge in [0.2, 0.25) is 0 Å². The lowest BCUT2D eigenvalue weighted by molar-refractivity contribution is 0.473. The van der Waals surface area contributed by atoms with Crippen LogP contribution in [0.4, 0.5) is 22.7 Å². The monoisotopic (exact) mass is 320 g/mol. The summed E-state index contributed by atoms with van der Waals surface area (Å²) in [5, 5.41) is 26.5. The molecule has 0 saturated heterocycles. The number of rotatable bonds is 4. The molecule has 4 heteroatoms. The van der Waals surface area contributed by atoms with E-state index < -0.39 is 0 Å². The Kier molecular flexibility index (Phi) is 4.29. The molecule has 0 aliphatic heterocycles. The molecule has 0 amide bonds. The third kappa shape index (κ3) is 3.27. The van der Waals surface area contributed by atoms with Gasteiger partial charge in [0.05, 0.1) is 11.4 Å². The second-order valence-electron chi connectivity index (χ2n) is 5.77. The van der Waals surface area contributed by atoms with Crippen LogP contribution in [0.15, 0.2) is 60.7 Å². The van der Waals surface area contributed by atoms with Crippen LogP contribution < -0.4 is 10.6 Å². The molecule has 0 spiro atoms. The molecule has 0 atom stereocenters. The van der Waals surface area contributed by atoms with Gasteiger partial charge in [-0.25, -0.2) is 0 Å². The SMILES string of the molecule is Cc1cccc(Nc2ccc(Nc3cccc(C)c3O)cc2)c1O. The smallest absolute Gasteiger partial charge is 0.141 e. The maximum Gasteiger partial charge on any atom is 0.141 e. The normalized spacial score (nSPS) is 10.4. The molecule has 0 unspecified atom stereocenters. The largest absolute Gasteiger partial charge is 0.505 e. The predicted molar refractivity (Wildman–Crippen MR) is 98.7 cm³/mol. The number of aromatic hydroxyl groups is 2. The first kappa shape index (κ1) is 15.7. The van der Waals surface area contributed by atoms with Crippen LogP contribution in [0.5, 0.6) is 11.5 Å². The van der Waals surface area contributed by atoms with Crippen molar-refractivity contribution in [2.24, 2.45) is 0 Å². The molecule has 3 rings (SSSR count). The number of aryl methyl sites for hydroxylation is 2. The minimum absolute atomic E-state index is 0.254. The average molecular weight is 320 g/mol. The summed E-state index contributed by atoms with van der Waals surface area (Å²) < 4.78 is 0. The number of anilines is 4. The lowest BCUT2D eigenvalue weighted by Gasteiger charge is -2.12. The van der Waals surface area contributed by atoms with Gasteiger partial charge < -0.3 is 20.8 Å². The summed E-state index contributed by atoms with van der Waals surface area (Å²) in [5.41, 5.74) is 4.74. The van der Waals surface area contributed by atoms with Gasteiger partial charge in [-0.3, -0.25) is 0 Å². The Morgan fingerprint density at radius 2 is 0.958 bits per heavy atom.